The predicted octanol–water partition coefficient (Wildman–Crippen LogP) is 2.15. The fourth-order valence-electron chi connectivity index (χ4n) is 2.95. The molecule has 1 saturated heterocycles. The minimum absolute atomic E-state index is 0.0465. The predicted molar refractivity (Wildman–Crippen MR) is 91.0 cm³/mol. The van der Waals surface area contributed by atoms with Crippen molar-refractivity contribution < 1.29 is 9.59 Å². The largest absolute Gasteiger partial charge is 0.370 e. The van der Waals surface area contributed by atoms with Crippen molar-refractivity contribution in [1.82, 2.24) is 10.6 Å². The lowest BCUT2D eigenvalue weighted by molar-refractivity contribution is -0.123. The summed E-state index contributed by atoms with van der Waals surface area (Å²) in [4.78, 5) is 23.5. The van der Waals surface area contributed by atoms with Crippen molar-refractivity contribution in [2.24, 2.45) is 11.7 Å². The zero-order valence-electron chi connectivity index (χ0n) is 13.2. The van der Waals surface area contributed by atoms with Crippen LogP contribution in [0.2, 0.25) is 5.02 Å². The maximum Gasteiger partial charge on any atom is 0.220 e. The van der Waals surface area contributed by atoms with Crippen molar-refractivity contribution >= 4 is 23.4 Å². The van der Waals surface area contributed by atoms with Gasteiger partial charge in [-0.3, -0.25) is 9.59 Å². The smallest absolute Gasteiger partial charge is 0.220 e. The van der Waals surface area contributed by atoms with Gasteiger partial charge in [0.25, 0.3) is 0 Å². The lowest BCUT2D eigenvalue weighted by Gasteiger charge is -2.23. The number of piperidine rings is 1. The van der Waals surface area contributed by atoms with E-state index >= 15 is 0 Å². The number of hydrogen-bond acceptors (Lipinski definition) is 3. The molecule has 5 nitrogen and oxygen atoms in total. The van der Waals surface area contributed by atoms with Crippen LogP contribution in [0.25, 0.3) is 0 Å². The van der Waals surface area contributed by atoms with E-state index < -0.39 is 11.9 Å². The van der Waals surface area contributed by atoms with E-state index in [-0.39, 0.29) is 12.3 Å². The fourth-order valence-corrected chi connectivity index (χ4v) is 3.15. The van der Waals surface area contributed by atoms with Crippen LogP contribution < -0.4 is 16.4 Å². The first kappa shape index (κ1) is 17.8. The van der Waals surface area contributed by atoms with Crippen molar-refractivity contribution in [3.63, 3.8) is 0 Å². The van der Waals surface area contributed by atoms with Crippen LogP contribution in [0.15, 0.2) is 24.3 Å². The molecule has 0 aliphatic carbocycles. The first-order chi connectivity index (χ1) is 11.0. The van der Waals surface area contributed by atoms with E-state index in [1.165, 1.54) is 0 Å². The van der Waals surface area contributed by atoms with Crippen LogP contribution in [-0.4, -0.2) is 24.9 Å². The summed E-state index contributed by atoms with van der Waals surface area (Å²) in [5.41, 5.74) is 6.10. The van der Waals surface area contributed by atoms with E-state index in [1.807, 2.05) is 6.07 Å². The van der Waals surface area contributed by atoms with Gasteiger partial charge in [0.1, 0.15) is 0 Å². The molecule has 2 amide bonds. The number of amides is 2. The molecule has 1 aromatic rings. The molecule has 1 aliphatic rings. The summed E-state index contributed by atoms with van der Waals surface area (Å²) in [6, 6.07) is 6.72. The number of primary amides is 1. The highest BCUT2D eigenvalue weighted by Gasteiger charge is 2.19. The average molecular weight is 338 g/mol. The molecule has 0 spiro atoms. The Bertz CT molecular complexity index is 544. The number of hydrogen-bond donors (Lipinski definition) is 3. The average Bonchev–Trinajstić information content (AvgIpc) is 2.53. The second-order valence-corrected chi connectivity index (χ2v) is 6.51. The van der Waals surface area contributed by atoms with E-state index in [0.29, 0.717) is 17.4 Å². The summed E-state index contributed by atoms with van der Waals surface area (Å²) in [5, 5.41) is 6.81. The highest BCUT2D eigenvalue weighted by Crippen LogP contribution is 2.22. The summed E-state index contributed by atoms with van der Waals surface area (Å²) in [7, 11) is 0. The van der Waals surface area contributed by atoms with E-state index in [1.54, 1.807) is 18.2 Å². The highest BCUT2D eigenvalue weighted by molar-refractivity contribution is 6.30. The zero-order valence-corrected chi connectivity index (χ0v) is 13.9. The number of carbonyl (C=O) groups is 2. The molecule has 0 radical (unpaired) electrons. The molecule has 1 aromatic carbocycles. The quantitative estimate of drug-likeness (QED) is 0.712. The van der Waals surface area contributed by atoms with Crippen LogP contribution >= 0.6 is 11.6 Å². The van der Waals surface area contributed by atoms with Gasteiger partial charge in [0.05, 0.1) is 12.5 Å². The molecule has 1 heterocycles. The molecule has 126 valence electrons. The summed E-state index contributed by atoms with van der Waals surface area (Å²) in [5.74, 6) is 0.103. The summed E-state index contributed by atoms with van der Waals surface area (Å²) < 4.78 is 0. The van der Waals surface area contributed by atoms with E-state index in [9.17, 15) is 9.59 Å². The van der Waals surface area contributed by atoms with Gasteiger partial charge in [-0.2, -0.15) is 0 Å². The van der Waals surface area contributed by atoms with Gasteiger partial charge in [-0.1, -0.05) is 23.7 Å². The molecule has 0 bridgehead atoms. The van der Waals surface area contributed by atoms with Crippen molar-refractivity contribution in [1.29, 1.82) is 0 Å². The maximum atomic E-state index is 12.2. The molecular formula is C17H24ClN3O2. The fraction of sp³-hybridized carbons (Fsp3) is 0.529. The number of carbonyl (C=O) groups excluding carboxylic acids is 2. The van der Waals surface area contributed by atoms with Gasteiger partial charge in [0, 0.05) is 11.4 Å². The minimum atomic E-state index is -0.450. The lowest BCUT2D eigenvalue weighted by atomic mass is 9.93. The summed E-state index contributed by atoms with van der Waals surface area (Å²) in [6.45, 7) is 2.05. The molecule has 0 saturated carbocycles. The first-order valence-electron chi connectivity index (χ1n) is 8.08. The number of nitrogens with two attached hydrogens (primary N) is 1. The molecule has 2 rings (SSSR count). The van der Waals surface area contributed by atoms with Gasteiger partial charge in [0.2, 0.25) is 11.8 Å². The topological polar surface area (TPSA) is 84.2 Å². The third kappa shape index (κ3) is 6.20. The second kappa shape index (κ2) is 8.89. The van der Waals surface area contributed by atoms with Crippen molar-refractivity contribution in [3.05, 3.63) is 34.9 Å². The van der Waals surface area contributed by atoms with Gasteiger partial charge < -0.3 is 16.4 Å². The van der Waals surface area contributed by atoms with Gasteiger partial charge in [0.15, 0.2) is 0 Å². The van der Waals surface area contributed by atoms with E-state index in [0.717, 1.165) is 37.9 Å². The summed E-state index contributed by atoms with van der Waals surface area (Å²) in [6.07, 6.45) is 3.66. The molecule has 1 fully saturated rings. The number of benzene rings is 1. The summed E-state index contributed by atoms with van der Waals surface area (Å²) >= 11 is 5.99. The van der Waals surface area contributed by atoms with E-state index in [4.69, 9.17) is 17.3 Å². The van der Waals surface area contributed by atoms with Gasteiger partial charge in [-0.15, -0.1) is 0 Å². The van der Waals surface area contributed by atoms with Crippen LogP contribution in [0.3, 0.4) is 0 Å². The Morgan fingerprint density at radius 2 is 2.09 bits per heavy atom. The Labute approximate surface area is 142 Å². The van der Waals surface area contributed by atoms with Crippen LogP contribution in [0.4, 0.5) is 0 Å². The third-order valence-electron chi connectivity index (χ3n) is 4.23. The van der Waals surface area contributed by atoms with Gasteiger partial charge in [-0.05, 0) is 56.0 Å². The SMILES string of the molecule is NC(=O)C[C@@H](NC(=O)CCC1CCNCC1)c1cccc(Cl)c1. The third-order valence-corrected chi connectivity index (χ3v) is 4.47. The first-order valence-corrected chi connectivity index (χ1v) is 8.46. The Hall–Kier alpha value is -1.59. The maximum absolute atomic E-state index is 12.2. The molecule has 1 atom stereocenters. The van der Waals surface area contributed by atoms with E-state index in [2.05, 4.69) is 10.6 Å². The molecule has 6 heteroatoms. The standard InChI is InChI=1S/C17H24ClN3O2/c18-14-3-1-2-13(10-14)15(11-16(19)22)21-17(23)5-4-12-6-8-20-9-7-12/h1-3,10,12,15,20H,4-9,11H2,(H2,19,22)(H,21,23)/t15-/m1/s1. The van der Waals surface area contributed by atoms with Crippen LogP contribution in [0.5, 0.6) is 0 Å². The monoisotopic (exact) mass is 337 g/mol. The Balaban J connectivity index is 1.91. The van der Waals surface area contributed by atoms with Crippen LogP contribution in [0, 0.1) is 5.92 Å². The molecule has 0 unspecified atom stereocenters. The second-order valence-electron chi connectivity index (χ2n) is 6.08. The van der Waals surface area contributed by atoms with Gasteiger partial charge >= 0.3 is 0 Å². The molecule has 4 N–H and O–H groups in total. The Morgan fingerprint density at radius 3 is 2.74 bits per heavy atom. The van der Waals surface area contributed by atoms with Crippen LogP contribution in [-0.2, 0) is 9.59 Å². The number of nitrogens with one attached hydrogen (secondary N) is 2. The molecular weight excluding hydrogens is 314 g/mol. The van der Waals surface area contributed by atoms with Crippen molar-refractivity contribution in [2.45, 2.75) is 38.1 Å². The zero-order chi connectivity index (χ0) is 16.7. The number of halogens is 1. The Morgan fingerprint density at radius 1 is 1.35 bits per heavy atom. The molecule has 0 aromatic heterocycles. The molecule has 23 heavy (non-hydrogen) atoms. The molecule has 1 aliphatic heterocycles. The number of rotatable bonds is 7. The van der Waals surface area contributed by atoms with Crippen molar-refractivity contribution in [3.8, 4) is 0 Å². The normalized spacial score (nSPS) is 16.7. The van der Waals surface area contributed by atoms with Gasteiger partial charge in [-0.25, -0.2) is 0 Å². The highest BCUT2D eigenvalue weighted by atomic mass is 35.5. The van der Waals surface area contributed by atoms with Crippen molar-refractivity contribution in [2.75, 3.05) is 13.1 Å². The minimum Gasteiger partial charge on any atom is -0.370 e. The lowest BCUT2D eigenvalue weighted by Crippen LogP contribution is -2.33. The van der Waals surface area contributed by atoms with Crippen LogP contribution in [0.1, 0.15) is 43.7 Å². The Kier molecular flexibility index (Phi) is 6.86.